The normalized spacial score (nSPS) is 10.5. The van der Waals surface area contributed by atoms with E-state index in [1.54, 1.807) is 10.9 Å². The van der Waals surface area contributed by atoms with Gasteiger partial charge < -0.3 is 10.2 Å². The van der Waals surface area contributed by atoms with Crippen LogP contribution in [0.1, 0.15) is 11.1 Å². The fourth-order valence-corrected chi connectivity index (χ4v) is 2.53. The summed E-state index contributed by atoms with van der Waals surface area (Å²) in [7, 11) is 4.01. The second-order valence-electron chi connectivity index (χ2n) is 6.14. The topological polar surface area (TPSA) is 50.2 Å². The fourth-order valence-electron chi connectivity index (χ4n) is 2.53. The van der Waals surface area contributed by atoms with Crippen molar-refractivity contribution in [3.8, 4) is 5.69 Å². The number of benzene rings is 2. The third kappa shape index (κ3) is 4.47. The molecule has 128 valence electrons. The quantitative estimate of drug-likeness (QED) is 0.754. The molecule has 0 aliphatic heterocycles. The van der Waals surface area contributed by atoms with E-state index in [1.807, 2.05) is 79.8 Å². The number of hydrogen-bond donors (Lipinski definition) is 1. The molecule has 0 atom stereocenters. The van der Waals surface area contributed by atoms with Gasteiger partial charge in [-0.15, -0.1) is 0 Å². The number of aromatic nitrogens is 2. The van der Waals surface area contributed by atoms with Crippen LogP contribution < -0.4 is 10.2 Å². The third-order valence-electron chi connectivity index (χ3n) is 3.96. The van der Waals surface area contributed by atoms with E-state index in [0.717, 1.165) is 22.5 Å². The lowest BCUT2D eigenvalue weighted by Gasteiger charge is -2.12. The molecule has 1 aromatic heterocycles. The fraction of sp³-hybridized carbons (Fsp3) is 0.200. The Morgan fingerprint density at radius 1 is 1.04 bits per heavy atom. The SMILES string of the molecule is CN(C)c1ccc(CNC(=O)Cc2cnn(-c3ccccc3)c2)cc1. The molecule has 5 nitrogen and oxygen atoms in total. The highest BCUT2D eigenvalue weighted by Gasteiger charge is 2.07. The monoisotopic (exact) mass is 334 g/mol. The zero-order valence-electron chi connectivity index (χ0n) is 14.5. The van der Waals surface area contributed by atoms with Crippen LogP contribution in [0.25, 0.3) is 5.69 Å². The highest BCUT2D eigenvalue weighted by atomic mass is 16.1. The second kappa shape index (κ2) is 7.66. The van der Waals surface area contributed by atoms with E-state index in [-0.39, 0.29) is 5.91 Å². The Labute approximate surface area is 147 Å². The van der Waals surface area contributed by atoms with Gasteiger partial charge in [-0.2, -0.15) is 5.10 Å². The van der Waals surface area contributed by atoms with Crippen LogP contribution in [-0.4, -0.2) is 29.8 Å². The Bertz CT molecular complexity index is 822. The van der Waals surface area contributed by atoms with E-state index in [2.05, 4.69) is 10.4 Å². The van der Waals surface area contributed by atoms with Crippen molar-refractivity contribution in [3.63, 3.8) is 0 Å². The summed E-state index contributed by atoms with van der Waals surface area (Å²) in [5, 5.41) is 7.27. The van der Waals surface area contributed by atoms with Gasteiger partial charge in [0, 0.05) is 32.5 Å². The molecule has 0 bridgehead atoms. The van der Waals surface area contributed by atoms with Crippen molar-refractivity contribution in [2.45, 2.75) is 13.0 Å². The number of hydrogen-bond acceptors (Lipinski definition) is 3. The van der Waals surface area contributed by atoms with Crippen LogP contribution in [0.15, 0.2) is 67.0 Å². The van der Waals surface area contributed by atoms with Crippen molar-refractivity contribution >= 4 is 11.6 Å². The Morgan fingerprint density at radius 2 is 1.76 bits per heavy atom. The predicted octanol–water partition coefficient (Wildman–Crippen LogP) is 2.80. The largest absolute Gasteiger partial charge is 0.378 e. The minimum absolute atomic E-state index is 0.00991. The number of nitrogens with one attached hydrogen (secondary N) is 1. The van der Waals surface area contributed by atoms with E-state index in [4.69, 9.17) is 0 Å². The van der Waals surface area contributed by atoms with Gasteiger partial charge in [0.05, 0.1) is 18.3 Å². The minimum atomic E-state index is -0.00991. The van der Waals surface area contributed by atoms with Crippen molar-refractivity contribution in [2.24, 2.45) is 0 Å². The number of carbonyl (C=O) groups excluding carboxylic acids is 1. The molecule has 0 aliphatic rings. The highest BCUT2D eigenvalue weighted by Crippen LogP contribution is 2.12. The lowest BCUT2D eigenvalue weighted by atomic mass is 10.2. The maximum Gasteiger partial charge on any atom is 0.224 e. The average molecular weight is 334 g/mol. The molecule has 3 aromatic rings. The summed E-state index contributed by atoms with van der Waals surface area (Å²) in [4.78, 5) is 14.2. The first kappa shape index (κ1) is 16.8. The van der Waals surface area contributed by atoms with E-state index < -0.39 is 0 Å². The molecule has 1 N–H and O–H groups in total. The first-order chi connectivity index (χ1) is 12.1. The molecule has 5 heteroatoms. The van der Waals surface area contributed by atoms with Crippen molar-refractivity contribution in [1.29, 1.82) is 0 Å². The van der Waals surface area contributed by atoms with E-state index >= 15 is 0 Å². The summed E-state index contributed by atoms with van der Waals surface area (Å²) >= 11 is 0. The van der Waals surface area contributed by atoms with Crippen molar-refractivity contribution < 1.29 is 4.79 Å². The number of nitrogens with zero attached hydrogens (tertiary/aromatic N) is 3. The lowest BCUT2D eigenvalue weighted by Crippen LogP contribution is -2.24. The van der Waals surface area contributed by atoms with Crippen molar-refractivity contribution in [2.75, 3.05) is 19.0 Å². The van der Waals surface area contributed by atoms with Gasteiger partial charge in [0.25, 0.3) is 0 Å². The number of para-hydroxylation sites is 1. The third-order valence-corrected chi connectivity index (χ3v) is 3.96. The van der Waals surface area contributed by atoms with Gasteiger partial charge in [-0.3, -0.25) is 4.79 Å². The van der Waals surface area contributed by atoms with Crippen LogP contribution in [0.5, 0.6) is 0 Å². The van der Waals surface area contributed by atoms with E-state index in [1.165, 1.54) is 0 Å². The van der Waals surface area contributed by atoms with E-state index in [9.17, 15) is 4.79 Å². The summed E-state index contributed by atoms with van der Waals surface area (Å²) in [6.07, 6.45) is 3.95. The summed E-state index contributed by atoms with van der Waals surface area (Å²) in [6.45, 7) is 0.527. The Hall–Kier alpha value is -3.08. The van der Waals surface area contributed by atoms with Crippen LogP contribution in [0.3, 0.4) is 0 Å². The molecule has 25 heavy (non-hydrogen) atoms. The smallest absolute Gasteiger partial charge is 0.224 e. The van der Waals surface area contributed by atoms with Crippen LogP contribution in [0.4, 0.5) is 5.69 Å². The van der Waals surface area contributed by atoms with Crippen LogP contribution in [-0.2, 0) is 17.8 Å². The number of carbonyl (C=O) groups is 1. The Kier molecular flexibility index (Phi) is 5.14. The average Bonchev–Trinajstić information content (AvgIpc) is 3.09. The minimum Gasteiger partial charge on any atom is -0.378 e. The molecule has 2 aromatic carbocycles. The van der Waals surface area contributed by atoms with Crippen LogP contribution >= 0.6 is 0 Å². The first-order valence-electron chi connectivity index (χ1n) is 8.24. The zero-order valence-corrected chi connectivity index (χ0v) is 14.5. The van der Waals surface area contributed by atoms with E-state index in [0.29, 0.717) is 13.0 Å². The molecular weight excluding hydrogens is 312 g/mol. The highest BCUT2D eigenvalue weighted by molar-refractivity contribution is 5.78. The number of amides is 1. The Balaban J connectivity index is 1.53. The van der Waals surface area contributed by atoms with Crippen LogP contribution in [0.2, 0.25) is 0 Å². The van der Waals surface area contributed by atoms with Gasteiger partial charge in [-0.25, -0.2) is 4.68 Å². The van der Waals surface area contributed by atoms with Crippen molar-refractivity contribution in [1.82, 2.24) is 15.1 Å². The molecule has 1 heterocycles. The van der Waals surface area contributed by atoms with Gasteiger partial charge in [-0.1, -0.05) is 30.3 Å². The van der Waals surface area contributed by atoms with Crippen molar-refractivity contribution in [3.05, 3.63) is 78.1 Å². The summed E-state index contributed by atoms with van der Waals surface area (Å²) in [6, 6.07) is 18.0. The zero-order chi connectivity index (χ0) is 17.6. The summed E-state index contributed by atoms with van der Waals surface area (Å²) in [5.74, 6) is -0.00991. The maximum absolute atomic E-state index is 12.2. The molecule has 1 amide bonds. The van der Waals surface area contributed by atoms with Gasteiger partial charge in [0.2, 0.25) is 5.91 Å². The lowest BCUT2D eigenvalue weighted by molar-refractivity contribution is -0.120. The molecule has 0 radical (unpaired) electrons. The summed E-state index contributed by atoms with van der Waals surface area (Å²) in [5.41, 5.74) is 4.10. The molecule has 0 saturated carbocycles. The Morgan fingerprint density at radius 3 is 2.44 bits per heavy atom. The molecule has 3 rings (SSSR count). The number of rotatable bonds is 6. The maximum atomic E-state index is 12.2. The second-order valence-corrected chi connectivity index (χ2v) is 6.14. The molecule has 0 fully saturated rings. The molecular formula is C20H22N4O. The number of anilines is 1. The predicted molar refractivity (Wildman–Crippen MR) is 99.9 cm³/mol. The van der Waals surface area contributed by atoms with Crippen LogP contribution in [0, 0.1) is 0 Å². The molecule has 0 aliphatic carbocycles. The van der Waals surface area contributed by atoms with Gasteiger partial charge in [0.15, 0.2) is 0 Å². The molecule has 0 spiro atoms. The molecule has 0 unspecified atom stereocenters. The summed E-state index contributed by atoms with van der Waals surface area (Å²) < 4.78 is 1.78. The standard InChI is InChI=1S/C20H22N4O/c1-23(2)18-10-8-16(9-11-18)13-21-20(25)12-17-14-22-24(15-17)19-6-4-3-5-7-19/h3-11,14-15H,12-13H2,1-2H3,(H,21,25). The van der Waals surface area contributed by atoms with Gasteiger partial charge >= 0.3 is 0 Å². The van der Waals surface area contributed by atoms with Gasteiger partial charge in [0.1, 0.15) is 0 Å². The molecule has 0 saturated heterocycles. The van der Waals surface area contributed by atoms with Gasteiger partial charge in [-0.05, 0) is 35.4 Å². The first-order valence-corrected chi connectivity index (χ1v) is 8.24.